The average molecular weight is 929 g/mol. The summed E-state index contributed by atoms with van der Waals surface area (Å²) in [6.07, 6.45) is 35.4. The summed E-state index contributed by atoms with van der Waals surface area (Å²) in [4.78, 5) is 34.7. The number of aliphatic imine (C=N–C) groups is 2. The number of rotatable bonds is 38. The Balaban J connectivity index is 1.03. The lowest BCUT2D eigenvalue weighted by atomic mass is 10.1. The van der Waals surface area contributed by atoms with Crippen LogP contribution in [-0.2, 0) is 9.47 Å². The van der Waals surface area contributed by atoms with Crippen LogP contribution >= 0.6 is 0 Å². The molecule has 0 radical (unpaired) electrons. The molecule has 0 amide bonds. The Morgan fingerprint density at radius 3 is 1.01 bits per heavy atom. The second-order valence-electron chi connectivity index (χ2n) is 18.5. The Hall–Kier alpha value is -5.24. The second-order valence-corrected chi connectivity index (χ2v) is 18.5. The molecule has 4 rings (SSSR count). The zero-order valence-corrected chi connectivity index (χ0v) is 42.1. The van der Waals surface area contributed by atoms with Crippen LogP contribution in [-0.4, -0.2) is 50.8 Å². The van der Waals surface area contributed by atoms with Crippen LogP contribution in [0.1, 0.15) is 207 Å². The van der Waals surface area contributed by atoms with Gasteiger partial charge in [0.25, 0.3) is 0 Å². The predicted octanol–water partition coefficient (Wildman–Crippen LogP) is 17.0. The molecule has 0 aliphatic rings. The van der Waals surface area contributed by atoms with E-state index in [0.717, 1.165) is 60.1 Å². The summed E-state index contributed by atoms with van der Waals surface area (Å²) in [6, 6.07) is 29.9. The van der Waals surface area contributed by atoms with E-state index in [0.29, 0.717) is 11.1 Å². The maximum absolute atomic E-state index is 12.8. The van der Waals surface area contributed by atoms with Crippen LogP contribution in [0, 0.1) is 5.92 Å². The molecule has 0 aromatic heterocycles. The van der Waals surface area contributed by atoms with Crippen LogP contribution in [0.5, 0.6) is 11.5 Å². The first-order valence-electron chi connectivity index (χ1n) is 26.5. The van der Waals surface area contributed by atoms with Gasteiger partial charge < -0.3 is 18.9 Å². The molecule has 4 aromatic carbocycles. The van der Waals surface area contributed by atoms with Crippen LogP contribution in [0.2, 0.25) is 0 Å². The van der Waals surface area contributed by atoms with Crippen molar-refractivity contribution in [3.63, 3.8) is 0 Å². The van der Waals surface area contributed by atoms with Gasteiger partial charge in [-0.3, -0.25) is 9.98 Å². The fourth-order valence-corrected chi connectivity index (χ4v) is 7.88. The van der Waals surface area contributed by atoms with Gasteiger partial charge in [0, 0.05) is 18.3 Å². The van der Waals surface area contributed by atoms with E-state index in [1.807, 2.05) is 79.7 Å². The van der Waals surface area contributed by atoms with Crippen molar-refractivity contribution in [2.24, 2.45) is 15.9 Å². The Morgan fingerprint density at radius 2 is 0.706 bits per heavy atom. The minimum atomic E-state index is -0.433. The number of ether oxygens (including phenoxy) is 4. The number of benzene rings is 4. The van der Waals surface area contributed by atoms with Crippen molar-refractivity contribution in [3.05, 3.63) is 119 Å². The van der Waals surface area contributed by atoms with Crippen molar-refractivity contribution in [2.45, 2.75) is 175 Å². The largest absolute Gasteiger partial charge is 0.494 e. The summed E-state index contributed by atoms with van der Waals surface area (Å²) in [7, 11) is 0. The highest BCUT2D eigenvalue weighted by Gasteiger charge is 2.14. The molecule has 0 saturated heterocycles. The van der Waals surface area contributed by atoms with Gasteiger partial charge in [0.05, 0.1) is 48.9 Å². The molecule has 8 heteroatoms. The molecular formula is C60H84N2O6. The van der Waals surface area contributed by atoms with Crippen LogP contribution in [0.3, 0.4) is 0 Å². The number of carbonyl (C=O) groups is 2. The van der Waals surface area contributed by atoms with Crippen LogP contribution in [0.15, 0.2) is 107 Å². The van der Waals surface area contributed by atoms with Gasteiger partial charge >= 0.3 is 11.9 Å². The molecule has 0 atom stereocenters. The SMILES string of the molecule is CCCCCCCCCCCCCCOc1ccc(N=Cc2ccc(C(=O)OCC(C)COC(=O)c3ccc(C=Nc4ccc(OCCCCCCCCCCCCCC)cc4)cc3)cc2)cc1. The van der Waals surface area contributed by atoms with E-state index >= 15 is 0 Å². The van der Waals surface area contributed by atoms with Crippen molar-refractivity contribution in [1.29, 1.82) is 0 Å². The molecule has 0 saturated carbocycles. The van der Waals surface area contributed by atoms with Gasteiger partial charge in [0.1, 0.15) is 11.5 Å². The first-order valence-corrected chi connectivity index (χ1v) is 26.5. The van der Waals surface area contributed by atoms with E-state index < -0.39 is 11.9 Å². The first-order chi connectivity index (χ1) is 33.4. The van der Waals surface area contributed by atoms with E-state index in [9.17, 15) is 9.59 Å². The van der Waals surface area contributed by atoms with E-state index in [2.05, 4.69) is 23.8 Å². The van der Waals surface area contributed by atoms with Crippen molar-refractivity contribution in [1.82, 2.24) is 0 Å². The fourth-order valence-electron chi connectivity index (χ4n) is 7.88. The van der Waals surface area contributed by atoms with Crippen LogP contribution < -0.4 is 9.47 Å². The predicted molar refractivity (Wildman–Crippen MR) is 283 cm³/mol. The van der Waals surface area contributed by atoms with Crippen molar-refractivity contribution in [2.75, 3.05) is 26.4 Å². The third kappa shape index (κ3) is 25.2. The molecule has 0 aliphatic carbocycles. The number of carbonyl (C=O) groups excluding carboxylic acids is 2. The maximum atomic E-state index is 12.8. The monoisotopic (exact) mass is 929 g/mol. The Labute approximate surface area is 410 Å². The lowest BCUT2D eigenvalue weighted by molar-refractivity contribution is 0.0282. The summed E-state index contributed by atoms with van der Waals surface area (Å²) in [5, 5.41) is 0. The molecule has 0 spiro atoms. The van der Waals surface area contributed by atoms with Gasteiger partial charge in [-0.2, -0.15) is 0 Å². The molecule has 0 N–H and O–H groups in total. The maximum Gasteiger partial charge on any atom is 0.338 e. The van der Waals surface area contributed by atoms with E-state index in [1.165, 1.54) is 141 Å². The minimum absolute atomic E-state index is 0.121. The molecule has 0 heterocycles. The molecule has 370 valence electrons. The summed E-state index contributed by atoms with van der Waals surface area (Å²) in [5.41, 5.74) is 4.26. The highest BCUT2D eigenvalue weighted by atomic mass is 16.5. The van der Waals surface area contributed by atoms with Crippen LogP contribution in [0.4, 0.5) is 11.4 Å². The number of hydrogen-bond donors (Lipinski definition) is 0. The molecule has 0 bridgehead atoms. The zero-order chi connectivity index (χ0) is 48.1. The molecule has 68 heavy (non-hydrogen) atoms. The second kappa shape index (κ2) is 35.8. The molecule has 4 aromatic rings. The molecule has 0 aliphatic heterocycles. The average Bonchev–Trinajstić information content (AvgIpc) is 3.37. The standard InChI is InChI=1S/C60H84N2O6/c1-4-6-8-10-12-14-16-18-20-22-24-26-44-65-57-40-36-55(37-41-57)61-46-51-28-32-53(33-29-51)59(63)67-48-50(3)49-68-60(64)54-34-30-52(31-35-54)47-62-56-38-42-58(43-39-56)66-45-27-25-23-21-19-17-15-13-11-9-7-5-2/h28-43,46-47,50H,4-27,44-45,48-49H2,1-3H3. The molecule has 0 unspecified atom stereocenters. The van der Waals surface area contributed by atoms with E-state index in [-0.39, 0.29) is 19.1 Å². The third-order valence-corrected chi connectivity index (χ3v) is 12.2. The lowest BCUT2D eigenvalue weighted by Crippen LogP contribution is -2.18. The summed E-state index contributed by atoms with van der Waals surface area (Å²) >= 11 is 0. The summed E-state index contributed by atoms with van der Waals surface area (Å²) < 4.78 is 23.0. The van der Waals surface area contributed by atoms with Gasteiger partial charge in [0.15, 0.2) is 0 Å². The van der Waals surface area contributed by atoms with Gasteiger partial charge in [-0.1, -0.05) is 186 Å². The fraction of sp³-hybridized carbons (Fsp3) is 0.533. The third-order valence-electron chi connectivity index (χ3n) is 12.2. The highest BCUT2D eigenvalue weighted by molar-refractivity contribution is 5.92. The first kappa shape index (κ1) is 55.4. The Kier molecular flexibility index (Phi) is 29.2. The van der Waals surface area contributed by atoms with Gasteiger partial charge in [-0.05, 0) is 96.8 Å². The quantitative estimate of drug-likeness (QED) is 0.0252. The van der Waals surface area contributed by atoms with Gasteiger partial charge in [-0.25, -0.2) is 9.59 Å². The summed E-state index contributed by atoms with van der Waals surface area (Å²) in [5.74, 6) is 0.670. The number of nitrogens with zero attached hydrogens (tertiary/aromatic N) is 2. The molecular weight excluding hydrogens is 845 g/mol. The lowest BCUT2D eigenvalue weighted by Gasteiger charge is -2.13. The number of esters is 2. The van der Waals surface area contributed by atoms with Crippen LogP contribution in [0.25, 0.3) is 0 Å². The van der Waals surface area contributed by atoms with Gasteiger partial charge in [0.2, 0.25) is 0 Å². The Bertz CT molecular complexity index is 1810. The van der Waals surface area contributed by atoms with Gasteiger partial charge in [-0.15, -0.1) is 0 Å². The zero-order valence-electron chi connectivity index (χ0n) is 42.1. The van der Waals surface area contributed by atoms with Crippen molar-refractivity contribution in [3.8, 4) is 11.5 Å². The molecule has 8 nitrogen and oxygen atoms in total. The highest BCUT2D eigenvalue weighted by Crippen LogP contribution is 2.21. The number of hydrogen-bond acceptors (Lipinski definition) is 8. The van der Waals surface area contributed by atoms with E-state index in [1.54, 1.807) is 36.7 Å². The van der Waals surface area contributed by atoms with E-state index in [4.69, 9.17) is 18.9 Å². The minimum Gasteiger partial charge on any atom is -0.494 e. The summed E-state index contributed by atoms with van der Waals surface area (Å²) in [6.45, 7) is 8.13. The number of unbranched alkanes of at least 4 members (excludes halogenated alkanes) is 22. The molecule has 0 fully saturated rings. The smallest absolute Gasteiger partial charge is 0.338 e. The van der Waals surface area contributed by atoms with Crippen molar-refractivity contribution >= 4 is 35.7 Å². The Morgan fingerprint density at radius 1 is 0.412 bits per heavy atom. The normalized spacial score (nSPS) is 11.9. The topological polar surface area (TPSA) is 95.8 Å². The van der Waals surface area contributed by atoms with Crippen molar-refractivity contribution < 1.29 is 28.5 Å².